The monoisotopic (exact) mass is 1670 g/mol. The van der Waals surface area contributed by atoms with Gasteiger partial charge in [-0.2, -0.15) is 0 Å². The Labute approximate surface area is 701 Å². The standard InChI is InChI=1S/C26H31NO6.C26H29NO6.C21H27NO4.C16H17NO4.C5H7ClO/c2*28-17-9-10-26(31)19-13-16-7-8-18(32-24(30)15-5-2-6-15)21-20(16)25(26,22(17)33-21)11-12-27(19)23(29)14-3-1-4-14;23-14-5-4-13-10-16-21(25)7-6-15(24)19-20(21,17(13)18(14)26-19)8-9-22(16)11-12-2-1-3-12;18-9-2-1-8-7-11-16(20)4-3-10(19)14-15(16,5-6-17-11)12(8)13(9)21-14;6-5(7)4-2-1-3-4/h7-8,14-15,17,19,22,28,31H,1-6,9-13H2;7-8,14-15,19,22,31H,1-6,9-13H2;4-5,12,15-16,19,23-25H,1-3,6-11H2;1-2,11,14,17-18,20H,3-7H2;4H,1-3H2/t17-,19+,22-,25-,26+;19-,22+,25+,26-;15-,16+,19-,20-,21+;11-,14+,15+,16-;/m0101./s1. The number of phenolic OH excluding ortho intramolecular Hbond substituents is 2. The lowest BCUT2D eigenvalue weighted by Gasteiger charge is -2.64. The molecule has 640 valence electrons. The molecular formula is C94H111ClN4O21. The molecular weight excluding hydrogens is 1560 g/mol. The van der Waals surface area contributed by atoms with Crippen molar-refractivity contribution >= 4 is 52.2 Å². The summed E-state index contributed by atoms with van der Waals surface area (Å²) >= 11 is 5.14. The van der Waals surface area contributed by atoms with Gasteiger partial charge in [0.15, 0.2) is 69.8 Å². The van der Waals surface area contributed by atoms with Gasteiger partial charge in [-0.1, -0.05) is 62.8 Å². The molecule has 14 fully saturated rings. The second-order valence-electron chi connectivity index (χ2n) is 40.1. The molecule has 4 aromatic carbocycles. The molecule has 14 aliphatic carbocycles. The highest BCUT2D eigenvalue weighted by atomic mass is 35.5. The van der Waals surface area contributed by atoms with E-state index in [4.69, 9.17) is 40.0 Å². The molecule has 120 heavy (non-hydrogen) atoms. The molecule has 8 aliphatic heterocycles. The van der Waals surface area contributed by atoms with E-state index in [-0.39, 0.29) is 112 Å². The number of halogens is 1. The third kappa shape index (κ3) is 10.6. The van der Waals surface area contributed by atoms with Gasteiger partial charge in [-0.3, -0.25) is 38.5 Å². The number of Topliss-reactive ketones (excluding diaryl/α,β-unsaturated/α-hetero) is 2. The van der Waals surface area contributed by atoms with E-state index in [1.165, 1.54) is 31.2 Å². The number of aliphatic hydroxyl groups excluding tert-OH is 2. The third-order valence-electron chi connectivity index (χ3n) is 35.2. The van der Waals surface area contributed by atoms with Crippen LogP contribution in [-0.2, 0) is 80.9 Å². The van der Waals surface area contributed by atoms with Crippen LogP contribution in [0.3, 0.4) is 0 Å². The number of ether oxygens (including phenoxy) is 6. The summed E-state index contributed by atoms with van der Waals surface area (Å²) in [6.07, 6.45) is 23.2. The first-order valence-electron chi connectivity index (χ1n) is 45.5. The van der Waals surface area contributed by atoms with E-state index in [0.29, 0.717) is 131 Å². The maximum Gasteiger partial charge on any atom is 0.314 e. The van der Waals surface area contributed by atoms with Crippen molar-refractivity contribution in [3.05, 3.63) is 93.0 Å². The second-order valence-corrected chi connectivity index (χ2v) is 40.4. The average Bonchev–Trinajstić information content (AvgIpc) is 1.46. The molecule has 8 heterocycles. The predicted molar refractivity (Wildman–Crippen MR) is 430 cm³/mol. The van der Waals surface area contributed by atoms with E-state index < -0.39 is 80.7 Å². The van der Waals surface area contributed by atoms with Gasteiger partial charge < -0.3 is 84.4 Å². The number of piperidine rings is 4. The van der Waals surface area contributed by atoms with Gasteiger partial charge in [-0.05, 0) is 244 Å². The Hall–Kier alpha value is -7.46. The summed E-state index contributed by atoms with van der Waals surface area (Å²) < 4.78 is 36.3. The molecule has 8 bridgehead atoms. The van der Waals surface area contributed by atoms with Crippen molar-refractivity contribution in [1.29, 1.82) is 0 Å². The number of aromatic hydroxyl groups is 2. The van der Waals surface area contributed by atoms with Crippen LogP contribution in [0.5, 0.6) is 46.0 Å². The minimum Gasteiger partial charge on any atom is -0.504 e. The Morgan fingerprint density at radius 1 is 0.433 bits per heavy atom. The van der Waals surface area contributed by atoms with E-state index in [2.05, 4.69) is 10.2 Å². The molecule has 18 atom stereocenters. The number of rotatable bonds is 9. The Morgan fingerprint density at radius 2 is 0.833 bits per heavy atom. The number of nitrogens with zero attached hydrogens (tertiary/aromatic N) is 3. The summed E-state index contributed by atoms with van der Waals surface area (Å²) in [6, 6.07) is 14.1. The Kier molecular flexibility index (Phi) is 18.3. The van der Waals surface area contributed by atoms with Gasteiger partial charge in [0.05, 0.1) is 80.2 Å². The molecule has 25 nitrogen and oxygen atoms in total. The van der Waals surface area contributed by atoms with Crippen LogP contribution in [0.4, 0.5) is 0 Å². The van der Waals surface area contributed by atoms with Crippen LogP contribution < -0.4 is 33.7 Å². The fraction of sp³-hybridized carbons (Fsp3) is 0.670. The van der Waals surface area contributed by atoms with E-state index >= 15 is 0 Å². The number of esters is 2. The van der Waals surface area contributed by atoms with Crippen LogP contribution in [0, 0.1) is 35.5 Å². The van der Waals surface area contributed by atoms with Crippen molar-refractivity contribution in [2.45, 2.75) is 323 Å². The molecule has 26 heteroatoms. The molecule has 2 amide bonds. The van der Waals surface area contributed by atoms with Crippen LogP contribution in [0.1, 0.15) is 237 Å². The highest BCUT2D eigenvalue weighted by Crippen LogP contribution is 2.71. The molecule has 0 unspecified atom stereocenters. The predicted octanol–water partition coefficient (Wildman–Crippen LogP) is 8.34. The van der Waals surface area contributed by atoms with E-state index in [0.717, 1.165) is 167 Å². The third-order valence-corrected chi connectivity index (χ3v) is 35.5. The zero-order valence-electron chi connectivity index (χ0n) is 68.0. The van der Waals surface area contributed by atoms with Crippen molar-refractivity contribution in [3.8, 4) is 46.0 Å². The first-order valence-corrected chi connectivity index (χ1v) is 45.9. The summed E-state index contributed by atoms with van der Waals surface area (Å²) in [5.41, 5.74) is 0.757. The fourth-order valence-electron chi connectivity index (χ4n) is 27.7. The summed E-state index contributed by atoms with van der Waals surface area (Å²) in [4.78, 5) is 93.9. The first kappa shape index (κ1) is 78.5. The zero-order chi connectivity index (χ0) is 82.4. The smallest absolute Gasteiger partial charge is 0.314 e. The van der Waals surface area contributed by atoms with Crippen LogP contribution in [0.2, 0.25) is 0 Å². The summed E-state index contributed by atoms with van der Waals surface area (Å²) in [5.74, 6) is 3.76. The van der Waals surface area contributed by atoms with Gasteiger partial charge in [0.25, 0.3) is 0 Å². The molecule has 9 N–H and O–H groups in total. The minimum absolute atomic E-state index is 0.0162. The van der Waals surface area contributed by atoms with Gasteiger partial charge in [-0.15, -0.1) is 0 Å². The van der Waals surface area contributed by atoms with Crippen molar-refractivity contribution in [2.75, 3.05) is 32.7 Å². The average molecular weight is 1670 g/mol. The van der Waals surface area contributed by atoms with E-state index in [1.807, 2.05) is 34.1 Å². The van der Waals surface area contributed by atoms with Crippen LogP contribution >= 0.6 is 11.6 Å². The molecule has 10 saturated carbocycles. The van der Waals surface area contributed by atoms with Gasteiger partial charge >= 0.3 is 11.9 Å². The minimum atomic E-state index is -1.22. The number of hydrogen-bond acceptors (Lipinski definition) is 23. The highest BCUT2D eigenvalue weighted by molar-refractivity contribution is 6.64. The molecule has 26 rings (SSSR count). The summed E-state index contributed by atoms with van der Waals surface area (Å²) in [5, 5.41) is 93.7. The number of carbonyl (C=O) groups is 7. The first-order chi connectivity index (χ1) is 57.8. The number of likely N-dealkylation sites (tertiary alicyclic amines) is 3. The van der Waals surface area contributed by atoms with Crippen LogP contribution in [-0.4, -0.2) is 212 Å². The molecule has 0 aromatic heterocycles. The van der Waals surface area contributed by atoms with Crippen molar-refractivity contribution in [2.24, 2.45) is 35.5 Å². The lowest BCUT2D eigenvalue weighted by molar-refractivity contribution is -0.211. The second kappa shape index (κ2) is 28.0. The summed E-state index contributed by atoms with van der Waals surface area (Å²) in [6.45, 7) is 3.84. The van der Waals surface area contributed by atoms with E-state index in [1.54, 1.807) is 24.3 Å². The highest BCUT2D eigenvalue weighted by Gasteiger charge is 2.78. The van der Waals surface area contributed by atoms with Gasteiger partial charge in [0, 0.05) is 84.6 Å². The number of aliphatic hydroxyl groups is 6. The van der Waals surface area contributed by atoms with Gasteiger partial charge in [0.1, 0.15) is 12.2 Å². The number of ketones is 2. The van der Waals surface area contributed by atoms with Crippen LogP contribution in [0.25, 0.3) is 0 Å². The maximum absolute atomic E-state index is 13.3. The lowest BCUT2D eigenvalue weighted by atomic mass is 9.48. The molecule has 22 aliphatic rings. The maximum atomic E-state index is 13.3. The Bertz CT molecular complexity index is 5000. The largest absolute Gasteiger partial charge is 0.504 e. The van der Waals surface area contributed by atoms with Crippen molar-refractivity contribution in [3.63, 3.8) is 0 Å². The molecule has 4 saturated heterocycles. The number of phenols is 2. The SMILES string of the molecule is O=C(Cl)C1CCC1.O=C(Oc1ccc2c3c1O[C@H]1C(=O)CC[C@@]4(O)[C@@H](C2)N(C(=O)C2CCC2)CC[C@]314)C1CCC1.O=C(Oc1ccc2c3c1O[C@H]1[C@@H](O)CC[C@@]4(O)[C@@H](C2)N(C(=O)C2CCC2)CC[C@]314)C1CCC1.O=C1CC[C@@]2(O)[C@H]3Cc4ccc(O)c5c4[C@@]2(CCN3)[C@H]1O5.Oc1ccc2c3c1O[C@H]1[C@@H](O)CC[C@@]4(O)[C@@H](C2)N(CC2CCC2)CC[C@]314. The molecule has 4 spiro atoms. The number of amides is 2. The molecule has 0 radical (unpaired) electrons. The lowest BCUT2D eigenvalue weighted by Crippen LogP contribution is -2.77. The number of carbonyl (C=O) groups excluding carboxylic acids is 7. The van der Waals surface area contributed by atoms with Gasteiger partial charge in [0.2, 0.25) is 17.1 Å². The number of hydrogen-bond donors (Lipinski definition) is 9. The number of nitrogens with one attached hydrogen (secondary N) is 1. The normalized spacial score (nSPS) is 38.7. The van der Waals surface area contributed by atoms with E-state index in [9.17, 15) is 74.4 Å². The topological polar surface area (TPSA) is 358 Å². The summed E-state index contributed by atoms with van der Waals surface area (Å²) in [7, 11) is 0. The Balaban J connectivity index is 0.0000000945. The zero-order valence-corrected chi connectivity index (χ0v) is 68.8. The quantitative estimate of drug-likeness (QED) is 0.0432. The molecule has 4 aromatic rings. The Morgan fingerprint density at radius 3 is 1.32 bits per heavy atom. The van der Waals surface area contributed by atoms with Gasteiger partial charge in [-0.25, -0.2) is 0 Å². The number of benzene rings is 4. The van der Waals surface area contributed by atoms with Crippen LogP contribution in [0.15, 0.2) is 48.5 Å². The van der Waals surface area contributed by atoms with Crippen molar-refractivity contribution < 1.29 is 103 Å². The fourth-order valence-corrected chi connectivity index (χ4v) is 27.9. The van der Waals surface area contributed by atoms with Crippen molar-refractivity contribution in [1.82, 2.24) is 20.0 Å².